The van der Waals surface area contributed by atoms with Gasteiger partial charge in [0, 0.05) is 4.91 Å². The number of fused-ring (bicyclic) bond motifs is 1. The van der Waals surface area contributed by atoms with Crippen molar-refractivity contribution in [2.75, 3.05) is 0 Å². The molecule has 23 heavy (non-hydrogen) atoms. The first-order valence-corrected chi connectivity index (χ1v) is 7.60. The van der Waals surface area contributed by atoms with Gasteiger partial charge in [0.2, 0.25) is 0 Å². The van der Waals surface area contributed by atoms with Crippen molar-refractivity contribution in [3.05, 3.63) is 100 Å². The minimum Gasteiger partial charge on any atom is -0.0862 e. The summed E-state index contributed by atoms with van der Waals surface area (Å²) in [7, 11) is 0. The highest BCUT2D eigenvalue weighted by molar-refractivity contribution is 5.83. The first-order chi connectivity index (χ1) is 11.3. The molecule has 0 heterocycles. The fourth-order valence-corrected chi connectivity index (χ4v) is 2.61. The van der Waals surface area contributed by atoms with E-state index in [1.165, 1.54) is 16.3 Å². The van der Waals surface area contributed by atoms with E-state index in [1.807, 2.05) is 54.6 Å². The molecule has 0 saturated carbocycles. The van der Waals surface area contributed by atoms with Gasteiger partial charge in [0.1, 0.15) is 0 Å². The number of azide groups is 1. The zero-order valence-electron chi connectivity index (χ0n) is 12.7. The quantitative estimate of drug-likeness (QED) is 0.326. The van der Waals surface area contributed by atoms with Gasteiger partial charge in [-0.3, -0.25) is 0 Å². The first kappa shape index (κ1) is 14.9. The first-order valence-electron chi connectivity index (χ1n) is 7.60. The summed E-state index contributed by atoms with van der Waals surface area (Å²) < 4.78 is 0. The van der Waals surface area contributed by atoms with Gasteiger partial charge in [-0.25, -0.2) is 0 Å². The van der Waals surface area contributed by atoms with Crippen molar-refractivity contribution in [3.63, 3.8) is 0 Å². The molecule has 1 atom stereocenters. The third kappa shape index (κ3) is 4.00. The Kier molecular flexibility index (Phi) is 4.72. The van der Waals surface area contributed by atoms with Gasteiger partial charge < -0.3 is 0 Å². The second-order valence-corrected chi connectivity index (χ2v) is 5.43. The van der Waals surface area contributed by atoms with Crippen LogP contribution in [0.5, 0.6) is 0 Å². The molecule has 3 heteroatoms. The minimum absolute atomic E-state index is 0.193. The second-order valence-electron chi connectivity index (χ2n) is 5.43. The largest absolute Gasteiger partial charge is 0.0862 e. The molecule has 0 radical (unpaired) electrons. The normalized spacial score (nSPS) is 12.2. The zero-order valence-corrected chi connectivity index (χ0v) is 12.7. The SMILES string of the molecule is [N-]=[N+]=NC(/C=C/c1ccccc1)Cc1ccc2ccccc2c1. The van der Waals surface area contributed by atoms with Gasteiger partial charge in [0.25, 0.3) is 0 Å². The third-order valence-corrected chi connectivity index (χ3v) is 3.77. The summed E-state index contributed by atoms with van der Waals surface area (Å²) in [5.74, 6) is 0. The van der Waals surface area contributed by atoms with Crippen LogP contribution in [0.25, 0.3) is 27.3 Å². The smallest absolute Gasteiger partial charge is 0.0598 e. The van der Waals surface area contributed by atoms with Crippen LogP contribution >= 0.6 is 0 Å². The van der Waals surface area contributed by atoms with E-state index in [4.69, 9.17) is 5.53 Å². The molecule has 1 unspecified atom stereocenters. The molecule has 0 aliphatic rings. The van der Waals surface area contributed by atoms with E-state index in [9.17, 15) is 0 Å². The van der Waals surface area contributed by atoms with Gasteiger partial charge in [-0.15, -0.1) is 0 Å². The van der Waals surface area contributed by atoms with Gasteiger partial charge in [-0.2, -0.15) is 0 Å². The predicted octanol–water partition coefficient (Wildman–Crippen LogP) is 5.77. The highest BCUT2D eigenvalue weighted by Gasteiger charge is 2.05. The van der Waals surface area contributed by atoms with Crippen LogP contribution in [0.3, 0.4) is 0 Å². The van der Waals surface area contributed by atoms with Crippen molar-refractivity contribution < 1.29 is 0 Å². The number of benzene rings is 3. The topological polar surface area (TPSA) is 48.8 Å². The highest BCUT2D eigenvalue weighted by Crippen LogP contribution is 2.18. The molecular weight excluding hydrogens is 282 g/mol. The molecule has 3 aromatic carbocycles. The molecular formula is C20H17N3. The van der Waals surface area contributed by atoms with E-state index >= 15 is 0 Å². The van der Waals surface area contributed by atoms with Crippen LogP contribution < -0.4 is 0 Å². The van der Waals surface area contributed by atoms with Crippen LogP contribution in [0.4, 0.5) is 0 Å². The summed E-state index contributed by atoms with van der Waals surface area (Å²) in [6, 6.07) is 24.5. The van der Waals surface area contributed by atoms with E-state index < -0.39 is 0 Å². The molecule has 0 spiro atoms. The number of nitrogens with zero attached hydrogens (tertiary/aromatic N) is 3. The zero-order chi connectivity index (χ0) is 15.9. The third-order valence-electron chi connectivity index (χ3n) is 3.77. The highest BCUT2D eigenvalue weighted by atomic mass is 15.1. The molecule has 0 saturated heterocycles. The Morgan fingerprint density at radius 3 is 2.43 bits per heavy atom. The molecule has 3 aromatic rings. The van der Waals surface area contributed by atoms with Crippen LogP contribution in [-0.2, 0) is 6.42 Å². The van der Waals surface area contributed by atoms with Crippen LogP contribution in [0.2, 0.25) is 0 Å². The summed E-state index contributed by atoms with van der Waals surface area (Å²) in [5, 5.41) is 6.33. The molecule has 3 rings (SSSR count). The summed E-state index contributed by atoms with van der Waals surface area (Å²) >= 11 is 0. The Labute approximate surface area is 135 Å². The van der Waals surface area contributed by atoms with E-state index in [0.29, 0.717) is 6.42 Å². The number of rotatable bonds is 5. The maximum atomic E-state index is 8.81. The number of hydrogen-bond donors (Lipinski definition) is 0. The molecule has 0 aromatic heterocycles. The summed E-state index contributed by atoms with van der Waals surface area (Å²) in [6.45, 7) is 0. The Hall–Kier alpha value is -3.03. The van der Waals surface area contributed by atoms with Crippen LogP contribution in [0.15, 0.2) is 84.0 Å². The summed E-state index contributed by atoms with van der Waals surface area (Å²) in [5.41, 5.74) is 11.1. The molecule has 0 bridgehead atoms. The van der Waals surface area contributed by atoms with Gasteiger partial charge in [-0.1, -0.05) is 90.1 Å². The van der Waals surface area contributed by atoms with Crippen molar-refractivity contribution in [2.45, 2.75) is 12.5 Å². The Bertz CT molecular complexity index is 862. The lowest BCUT2D eigenvalue weighted by Crippen LogP contribution is -2.03. The van der Waals surface area contributed by atoms with E-state index in [2.05, 4.69) is 40.4 Å². The average molecular weight is 299 g/mol. The Morgan fingerprint density at radius 2 is 1.65 bits per heavy atom. The van der Waals surface area contributed by atoms with Crippen molar-refractivity contribution >= 4 is 16.8 Å². The Morgan fingerprint density at radius 1 is 0.913 bits per heavy atom. The van der Waals surface area contributed by atoms with Gasteiger partial charge >= 0.3 is 0 Å². The fourth-order valence-electron chi connectivity index (χ4n) is 2.61. The van der Waals surface area contributed by atoms with Gasteiger partial charge in [0.05, 0.1) is 6.04 Å². The van der Waals surface area contributed by atoms with E-state index in [-0.39, 0.29) is 6.04 Å². The molecule has 3 nitrogen and oxygen atoms in total. The standard InChI is InChI=1S/C20H17N3/c21-23-22-20(13-11-16-6-2-1-3-7-16)15-17-10-12-18-8-4-5-9-19(18)14-17/h1-14,20H,15H2/b13-11+. The van der Waals surface area contributed by atoms with Crippen molar-refractivity contribution in [1.29, 1.82) is 0 Å². The van der Waals surface area contributed by atoms with E-state index in [1.54, 1.807) is 0 Å². The van der Waals surface area contributed by atoms with Crippen molar-refractivity contribution in [2.24, 2.45) is 5.11 Å². The van der Waals surface area contributed by atoms with Crippen LogP contribution in [0, 0.1) is 0 Å². The monoisotopic (exact) mass is 299 g/mol. The lowest BCUT2D eigenvalue weighted by atomic mass is 10.0. The lowest BCUT2D eigenvalue weighted by Gasteiger charge is -2.08. The summed E-state index contributed by atoms with van der Waals surface area (Å²) in [4.78, 5) is 2.98. The molecule has 112 valence electrons. The number of hydrogen-bond acceptors (Lipinski definition) is 1. The van der Waals surface area contributed by atoms with Gasteiger partial charge in [0.15, 0.2) is 0 Å². The fraction of sp³-hybridized carbons (Fsp3) is 0.100. The average Bonchev–Trinajstić information content (AvgIpc) is 2.61. The minimum atomic E-state index is -0.193. The van der Waals surface area contributed by atoms with Gasteiger partial charge in [-0.05, 0) is 33.9 Å². The Balaban J connectivity index is 1.80. The molecule has 0 aliphatic carbocycles. The summed E-state index contributed by atoms with van der Waals surface area (Å²) in [6.07, 6.45) is 4.66. The maximum Gasteiger partial charge on any atom is 0.0598 e. The van der Waals surface area contributed by atoms with Crippen LogP contribution in [0.1, 0.15) is 11.1 Å². The van der Waals surface area contributed by atoms with Crippen molar-refractivity contribution in [1.82, 2.24) is 0 Å². The predicted molar refractivity (Wildman–Crippen MR) is 96.1 cm³/mol. The van der Waals surface area contributed by atoms with Crippen molar-refractivity contribution in [3.8, 4) is 0 Å². The van der Waals surface area contributed by atoms with Crippen LogP contribution in [-0.4, -0.2) is 6.04 Å². The van der Waals surface area contributed by atoms with E-state index in [0.717, 1.165) is 5.56 Å². The maximum absolute atomic E-state index is 8.81. The molecule has 0 amide bonds. The molecule has 0 N–H and O–H groups in total. The molecule has 0 fully saturated rings. The molecule has 0 aliphatic heterocycles. The second kappa shape index (κ2) is 7.30. The lowest BCUT2D eigenvalue weighted by molar-refractivity contribution is 0.805.